The molecule has 3 aromatic carbocycles. The van der Waals surface area contributed by atoms with E-state index in [2.05, 4.69) is 6.08 Å². The van der Waals surface area contributed by atoms with Crippen LogP contribution in [0.1, 0.15) is 30.9 Å². The Morgan fingerprint density at radius 1 is 0.930 bits per heavy atom. The van der Waals surface area contributed by atoms with E-state index in [9.17, 15) is 19.5 Å². The third-order valence-electron chi connectivity index (χ3n) is 9.28. The van der Waals surface area contributed by atoms with Gasteiger partial charge in [-0.25, -0.2) is 0 Å². The smallest absolute Gasteiger partial charge is 0.311 e. The number of cyclic esters (lactones) is 1. The molecule has 0 radical (unpaired) electrons. The topological polar surface area (TPSA) is 87.2 Å². The maximum absolute atomic E-state index is 14.9. The van der Waals surface area contributed by atoms with Gasteiger partial charge in [0.25, 0.3) is 5.91 Å². The number of carbonyl (C=O) groups is 3. The predicted molar refractivity (Wildman–Crippen MR) is 167 cm³/mol. The molecule has 2 saturated heterocycles. The van der Waals surface area contributed by atoms with Crippen LogP contribution in [0.15, 0.2) is 97.1 Å². The van der Waals surface area contributed by atoms with E-state index in [0.29, 0.717) is 13.2 Å². The second kappa shape index (κ2) is 11.3. The highest BCUT2D eigenvalue weighted by Crippen LogP contribution is 2.62. The van der Waals surface area contributed by atoms with Crippen LogP contribution < -0.4 is 4.90 Å². The van der Waals surface area contributed by atoms with E-state index < -0.39 is 34.6 Å². The number of hydrogen-bond acceptors (Lipinski definition) is 6. The van der Waals surface area contributed by atoms with Gasteiger partial charge in [0.05, 0.1) is 35.8 Å². The Bertz CT molecular complexity index is 1620. The Labute approximate surface area is 255 Å². The van der Waals surface area contributed by atoms with Crippen molar-refractivity contribution < 1.29 is 24.2 Å². The number of fused-ring (bicyclic) bond motifs is 3. The first kappa shape index (κ1) is 27.9. The van der Waals surface area contributed by atoms with Crippen molar-refractivity contribution in [1.29, 1.82) is 0 Å². The minimum Gasteiger partial charge on any atom is -0.465 e. The Morgan fingerprint density at radius 2 is 1.72 bits per heavy atom. The first-order chi connectivity index (χ1) is 21.0. The van der Waals surface area contributed by atoms with Gasteiger partial charge in [-0.05, 0) is 47.7 Å². The summed E-state index contributed by atoms with van der Waals surface area (Å²) in [5.74, 6) is -2.46. The van der Waals surface area contributed by atoms with Crippen LogP contribution in [0, 0.1) is 11.8 Å². The summed E-state index contributed by atoms with van der Waals surface area (Å²) >= 11 is 1.52. The van der Waals surface area contributed by atoms with E-state index in [0.717, 1.165) is 41.3 Å². The number of nitrogens with zero attached hydrogens (tertiary/aromatic N) is 2. The fourth-order valence-electron chi connectivity index (χ4n) is 7.30. The number of hydrogen-bond donors (Lipinski definition) is 1. The number of likely N-dealkylation sites (tertiary alicyclic amines) is 1. The third-order valence-corrected chi connectivity index (χ3v) is 11.0. The van der Waals surface area contributed by atoms with Gasteiger partial charge in [-0.2, -0.15) is 0 Å². The molecule has 2 amide bonds. The number of carbonyl (C=O) groups excluding carboxylic acids is 3. The van der Waals surface area contributed by atoms with Crippen molar-refractivity contribution in [3.63, 3.8) is 0 Å². The highest BCUT2D eigenvalue weighted by molar-refractivity contribution is 8.02. The van der Waals surface area contributed by atoms with E-state index in [1.54, 1.807) is 9.80 Å². The Balaban J connectivity index is 1.38. The summed E-state index contributed by atoms with van der Waals surface area (Å²) in [7, 11) is 0. The molecule has 43 heavy (non-hydrogen) atoms. The van der Waals surface area contributed by atoms with E-state index in [1.165, 1.54) is 11.8 Å². The predicted octanol–water partition coefficient (Wildman–Crippen LogP) is 5.06. The molecule has 4 heterocycles. The molecule has 6 atom stereocenters. The van der Waals surface area contributed by atoms with Crippen LogP contribution in [0.4, 0.5) is 5.69 Å². The molecule has 8 heteroatoms. The van der Waals surface area contributed by atoms with Gasteiger partial charge in [-0.1, -0.05) is 85.0 Å². The minimum absolute atomic E-state index is 0.223. The SMILES string of the molecule is O=C1OCCCC/C=C\[C@H]2S[C@]34C=CCN(c5ccc6ccccc6c5)C(=O)C3N([C@H](CO)c3ccccc3)C(=O)[C@@H]4[C@@H]12. The molecule has 1 unspecified atom stereocenters. The van der Waals surface area contributed by atoms with Crippen LogP contribution in [-0.4, -0.2) is 63.6 Å². The number of allylic oxidation sites excluding steroid dienone is 1. The Morgan fingerprint density at radius 3 is 2.53 bits per heavy atom. The van der Waals surface area contributed by atoms with Crippen LogP contribution in [0.5, 0.6) is 0 Å². The summed E-state index contributed by atoms with van der Waals surface area (Å²) in [4.78, 5) is 46.6. The zero-order chi connectivity index (χ0) is 29.6. The van der Waals surface area contributed by atoms with Crippen molar-refractivity contribution in [2.24, 2.45) is 11.8 Å². The first-order valence-electron chi connectivity index (χ1n) is 15.0. The number of anilines is 1. The molecular weight excluding hydrogens is 560 g/mol. The summed E-state index contributed by atoms with van der Waals surface area (Å²) in [5, 5.41) is 12.5. The molecule has 1 N–H and O–H groups in total. The molecule has 0 aromatic heterocycles. The van der Waals surface area contributed by atoms with Crippen molar-refractivity contribution >= 4 is 46.0 Å². The number of esters is 1. The number of ether oxygens (including phenoxy) is 1. The van der Waals surface area contributed by atoms with Crippen LogP contribution >= 0.6 is 11.8 Å². The molecule has 0 bridgehead atoms. The van der Waals surface area contributed by atoms with Crippen LogP contribution in [0.3, 0.4) is 0 Å². The fraction of sp³-hybridized carbons (Fsp3) is 0.343. The van der Waals surface area contributed by atoms with Crippen molar-refractivity contribution in [2.45, 2.75) is 41.3 Å². The van der Waals surface area contributed by atoms with E-state index >= 15 is 0 Å². The number of aliphatic hydroxyl groups excluding tert-OH is 1. The van der Waals surface area contributed by atoms with Gasteiger partial charge >= 0.3 is 5.97 Å². The summed E-state index contributed by atoms with van der Waals surface area (Å²) < 4.78 is 4.73. The lowest BCUT2D eigenvalue weighted by molar-refractivity contribution is -0.153. The van der Waals surface area contributed by atoms with Gasteiger partial charge in [-0.3, -0.25) is 14.4 Å². The highest BCUT2D eigenvalue weighted by atomic mass is 32.2. The van der Waals surface area contributed by atoms with Crippen LogP contribution in [-0.2, 0) is 19.1 Å². The number of amides is 2. The zero-order valence-corrected chi connectivity index (χ0v) is 24.6. The number of aliphatic hydroxyl groups is 1. The van der Waals surface area contributed by atoms with Crippen molar-refractivity contribution in [3.05, 3.63) is 103 Å². The normalized spacial score (nSPS) is 30.3. The molecule has 1 spiro atoms. The molecule has 220 valence electrons. The van der Waals surface area contributed by atoms with Crippen LogP contribution in [0.2, 0.25) is 0 Å². The highest BCUT2D eigenvalue weighted by Gasteiger charge is 2.71. The third kappa shape index (κ3) is 4.59. The number of benzene rings is 3. The minimum atomic E-state index is -1.01. The van der Waals surface area contributed by atoms with Gasteiger partial charge in [0, 0.05) is 17.5 Å². The average molecular weight is 595 g/mol. The van der Waals surface area contributed by atoms with E-state index in [1.807, 2.05) is 91.0 Å². The quantitative estimate of drug-likeness (QED) is 0.336. The molecule has 3 aromatic rings. The molecule has 7 rings (SSSR count). The van der Waals surface area contributed by atoms with Gasteiger partial charge in [0.2, 0.25) is 5.91 Å². The molecule has 7 nitrogen and oxygen atoms in total. The molecular formula is C35H34N2O5S. The molecule has 4 aliphatic heterocycles. The molecule has 0 aliphatic carbocycles. The van der Waals surface area contributed by atoms with Crippen molar-refractivity contribution in [1.82, 2.24) is 4.90 Å². The number of thioether (sulfide) groups is 1. The molecule has 2 fully saturated rings. The fourth-order valence-corrected chi connectivity index (χ4v) is 9.29. The van der Waals surface area contributed by atoms with Crippen molar-refractivity contribution in [2.75, 3.05) is 24.7 Å². The molecule has 0 saturated carbocycles. The summed E-state index contributed by atoms with van der Waals surface area (Å²) in [6.07, 6.45) is 10.7. The van der Waals surface area contributed by atoms with Gasteiger partial charge in [-0.15, -0.1) is 11.8 Å². The van der Waals surface area contributed by atoms with Gasteiger partial charge < -0.3 is 19.6 Å². The van der Waals surface area contributed by atoms with Gasteiger partial charge in [0.15, 0.2) is 0 Å². The average Bonchev–Trinajstić information content (AvgIpc) is 3.42. The summed E-state index contributed by atoms with van der Waals surface area (Å²) in [6.45, 7) is 0.288. The lowest BCUT2D eigenvalue weighted by Crippen LogP contribution is -2.54. The largest absolute Gasteiger partial charge is 0.465 e. The number of rotatable bonds is 4. The van der Waals surface area contributed by atoms with E-state index in [-0.39, 0.29) is 23.7 Å². The first-order valence-corrected chi connectivity index (χ1v) is 15.9. The van der Waals surface area contributed by atoms with E-state index in [4.69, 9.17) is 4.74 Å². The monoisotopic (exact) mass is 594 g/mol. The second-order valence-electron chi connectivity index (χ2n) is 11.7. The molecule has 4 aliphatic rings. The maximum Gasteiger partial charge on any atom is 0.311 e. The lowest BCUT2D eigenvalue weighted by atomic mass is 9.78. The van der Waals surface area contributed by atoms with Crippen molar-refractivity contribution in [3.8, 4) is 0 Å². The maximum atomic E-state index is 14.9. The Hall–Kier alpha value is -3.88. The zero-order valence-electron chi connectivity index (χ0n) is 23.7. The summed E-state index contributed by atoms with van der Waals surface area (Å²) in [6, 6.07) is 21.6. The standard InChI is InChI=1S/C35H34N2O5S/c38-22-27(24-12-4-3-5-13-24)37-31-33(40)36(26-17-16-23-11-7-8-14-25(23)21-26)19-10-18-35(31)30(32(37)39)29-28(43-35)15-6-1-2-9-20-42-34(29)41/h3-8,10-18,21,27-31,38H,1-2,9,19-20,22H2/b15-6-/t27-,28-,29+,30+,31?,35+/m1/s1. The Kier molecular flexibility index (Phi) is 7.35. The van der Waals surface area contributed by atoms with Crippen LogP contribution in [0.25, 0.3) is 10.8 Å². The summed E-state index contributed by atoms with van der Waals surface area (Å²) in [5.41, 5.74) is 1.48. The van der Waals surface area contributed by atoms with Gasteiger partial charge in [0.1, 0.15) is 6.04 Å². The second-order valence-corrected chi connectivity index (χ2v) is 13.2. The lowest BCUT2D eigenvalue weighted by Gasteiger charge is -2.38.